The highest BCUT2D eigenvalue weighted by molar-refractivity contribution is 5.33. The van der Waals surface area contributed by atoms with Gasteiger partial charge in [-0.25, -0.2) is 0 Å². The van der Waals surface area contributed by atoms with Gasteiger partial charge in [-0.15, -0.1) is 0 Å². The second-order valence-electron chi connectivity index (χ2n) is 5.57. The molecule has 1 unspecified atom stereocenters. The first-order chi connectivity index (χ1) is 8.79. The van der Waals surface area contributed by atoms with Gasteiger partial charge >= 0.3 is 0 Å². The summed E-state index contributed by atoms with van der Waals surface area (Å²) in [5.74, 6) is 0. The smallest absolute Gasteiger partial charge is 0.0618 e. The van der Waals surface area contributed by atoms with E-state index in [1.54, 1.807) is 5.56 Å². The fourth-order valence-corrected chi connectivity index (χ4v) is 2.77. The fraction of sp³-hybridized carbons (Fsp3) is 0.647. The molecule has 0 saturated carbocycles. The summed E-state index contributed by atoms with van der Waals surface area (Å²) in [7, 11) is 0. The van der Waals surface area contributed by atoms with Gasteiger partial charge in [0, 0.05) is 6.61 Å². The van der Waals surface area contributed by atoms with Crippen LogP contribution in [0.2, 0.25) is 0 Å². The highest BCUT2D eigenvalue weighted by atomic mass is 16.5. The van der Waals surface area contributed by atoms with Gasteiger partial charge in [0.25, 0.3) is 0 Å². The third-order valence-corrected chi connectivity index (χ3v) is 3.90. The zero-order chi connectivity index (χ0) is 12.8. The summed E-state index contributed by atoms with van der Waals surface area (Å²) in [5.41, 5.74) is 4.43. The molecule has 100 valence electrons. The maximum Gasteiger partial charge on any atom is 0.0618 e. The standard InChI is InChI=1S/C17H26O/c1-3-4-5-6-11-18-17-10-9-15-12-14(2)7-8-16(15)13-17/h7-8,12,17H,3-6,9-11,13H2,1-2H3. The molecule has 0 bridgehead atoms. The minimum Gasteiger partial charge on any atom is -0.378 e. The lowest BCUT2D eigenvalue weighted by Gasteiger charge is -2.25. The molecule has 0 spiro atoms. The van der Waals surface area contributed by atoms with Gasteiger partial charge < -0.3 is 4.74 Å². The SMILES string of the molecule is CCCCCCOC1CCc2cc(C)ccc2C1. The highest BCUT2D eigenvalue weighted by Gasteiger charge is 2.18. The van der Waals surface area contributed by atoms with Crippen LogP contribution in [0.5, 0.6) is 0 Å². The van der Waals surface area contributed by atoms with Crippen LogP contribution >= 0.6 is 0 Å². The van der Waals surface area contributed by atoms with Crippen LogP contribution in [-0.4, -0.2) is 12.7 Å². The highest BCUT2D eigenvalue weighted by Crippen LogP contribution is 2.24. The van der Waals surface area contributed by atoms with Gasteiger partial charge in [-0.05, 0) is 43.7 Å². The Balaban J connectivity index is 1.76. The van der Waals surface area contributed by atoms with Gasteiger partial charge in [-0.2, -0.15) is 0 Å². The van der Waals surface area contributed by atoms with E-state index >= 15 is 0 Å². The largest absolute Gasteiger partial charge is 0.378 e. The molecule has 1 aromatic rings. The Morgan fingerprint density at radius 3 is 2.89 bits per heavy atom. The first kappa shape index (κ1) is 13.6. The number of aryl methyl sites for hydroxylation is 2. The maximum atomic E-state index is 6.02. The molecule has 0 fully saturated rings. The van der Waals surface area contributed by atoms with E-state index in [1.165, 1.54) is 49.7 Å². The Kier molecular flexibility index (Phi) is 5.25. The van der Waals surface area contributed by atoms with Gasteiger partial charge in [0.15, 0.2) is 0 Å². The van der Waals surface area contributed by atoms with Gasteiger partial charge in [0.1, 0.15) is 0 Å². The first-order valence-electron chi connectivity index (χ1n) is 7.49. The number of ether oxygens (including phenoxy) is 1. The van der Waals surface area contributed by atoms with Crippen LogP contribution in [0.25, 0.3) is 0 Å². The second kappa shape index (κ2) is 6.94. The average molecular weight is 246 g/mol. The van der Waals surface area contributed by atoms with Crippen molar-refractivity contribution >= 4 is 0 Å². The quantitative estimate of drug-likeness (QED) is 0.674. The van der Waals surface area contributed by atoms with Gasteiger partial charge in [0.2, 0.25) is 0 Å². The first-order valence-corrected chi connectivity index (χ1v) is 7.49. The molecule has 0 amide bonds. The minimum atomic E-state index is 0.460. The third kappa shape index (κ3) is 3.84. The number of benzene rings is 1. The zero-order valence-corrected chi connectivity index (χ0v) is 11.9. The van der Waals surface area contributed by atoms with Crippen molar-refractivity contribution in [2.45, 2.75) is 64.9 Å². The van der Waals surface area contributed by atoms with Crippen molar-refractivity contribution in [2.24, 2.45) is 0 Å². The van der Waals surface area contributed by atoms with Crippen molar-refractivity contribution < 1.29 is 4.74 Å². The molecule has 1 aromatic carbocycles. The Labute approximate surface area is 112 Å². The van der Waals surface area contributed by atoms with E-state index in [0.29, 0.717) is 6.10 Å². The lowest BCUT2D eigenvalue weighted by molar-refractivity contribution is 0.0417. The predicted octanol–water partition coefficient (Wildman–Crippen LogP) is 4.45. The third-order valence-electron chi connectivity index (χ3n) is 3.90. The van der Waals surface area contributed by atoms with Crippen molar-refractivity contribution in [3.63, 3.8) is 0 Å². The molecule has 0 aromatic heterocycles. The average Bonchev–Trinajstić information content (AvgIpc) is 2.38. The van der Waals surface area contributed by atoms with Crippen molar-refractivity contribution in [1.82, 2.24) is 0 Å². The van der Waals surface area contributed by atoms with Crippen LogP contribution in [0.15, 0.2) is 18.2 Å². The van der Waals surface area contributed by atoms with Crippen LogP contribution in [0.1, 0.15) is 55.7 Å². The molecule has 0 radical (unpaired) electrons. The molecule has 1 aliphatic carbocycles. The van der Waals surface area contributed by atoms with E-state index in [0.717, 1.165) is 13.0 Å². The van der Waals surface area contributed by atoms with E-state index in [4.69, 9.17) is 4.74 Å². The van der Waals surface area contributed by atoms with Gasteiger partial charge in [-0.3, -0.25) is 0 Å². The van der Waals surface area contributed by atoms with Crippen LogP contribution < -0.4 is 0 Å². The molecule has 0 saturated heterocycles. The molecule has 2 rings (SSSR count). The molecular weight excluding hydrogens is 220 g/mol. The van der Waals surface area contributed by atoms with Crippen molar-refractivity contribution in [3.05, 3.63) is 34.9 Å². The van der Waals surface area contributed by atoms with Crippen molar-refractivity contribution in [2.75, 3.05) is 6.61 Å². The van der Waals surface area contributed by atoms with E-state index in [1.807, 2.05) is 0 Å². The Bertz CT molecular complexity index is 370. The molecule has 1 heteroatoms. The molecule has 1 atom stereocenters. The summed E-state index contributed by atoms with van der Waals surface area (Å²) >= 11 is 0. The predicted molar refractivity (Wildman–Crippen MR) is 77.1 cm³/mol. The summed E-state index contributed by atoms with van der Waals surface area (Å²) < 4.78 is 6.02. The molecule has 0 N–H and O–H groups in total. The summed E-state index contributed by atoms with van der Waals surface area (Å²) in [6.07, 6.45) is 9.16. The molecule has 0 heterocycles. The maximum absolute atomic E-state index is 6.02. The molecule has 1 aliphatic rings. The molecule has 18 heavy (non-hydrogen) atoms. The van der Waals surface area contributed by atoms with E-state index in [9.17, 15) is 0 Å². The monoisotopic (exact) mass is 246 g/mol. The van der Waals surface area contributed by atoms with E-state index in [-0.39, 0.29) is 0 Å². The van der Waals surface area contributed by atoms with Crippen LogP contribution in [-0.2, 0) is 17.6 Å². The van der Waals surface area contributed by atoms with Crippen molar-refractivity contribution in [1.29, 1.82) is 0 Å². The molecular formula is C17H26O. The summed E-state index contributed by atoms with van der Waals surface area (Å²) in [4.78, 5) is 0. The van der Waals surface area contributed by atoms with Crippen LogP contribution in [0, 0.1) is 6.92 Å². The second-order valence-corrected chi connectivity index (χ2v) is 5.57. The Morgan fingerprint density at radius 1 is 1.17 bits per heavy atom. The van der Waals surface area contributed by atoms with Gasteiger partial charge in [0.05, 0.1) is 6.10 Å². The van der Waals surface area contributed by atoms with Gasteiger partial charge in [-0.1, -0.05) is 49.9 Å². The summed E-state index contributed by atoms with van der Waals surface area (Å²) in [6.45, 7) is 5.38. The zero-order valence-electron chi connectivity index (χ0n) is 11.9. The summed E-state index contributed by atoms with van der Waals surface area (Å²) in [5, 5.41) is 0. The van der Waals surface area contributed by atoms with Crippen molar-refractivity contribution in [3.8, 4) is 0 Å². The fourth-order valence-electron chi connectivity index (χ4n) is 2.77. The van der Waals surface area contributed by atoms with E-state index in [2.05, 4.69) is 32.0 Å². The number of hydrogen-bond donors (Lipinski definition) is 0. The number of hydrogen-bond acceptors (Lipinski definition) is 1. The van der Waals surface area contributed by atoms with Crippen LogP contribution in [0.4, 0.5) is 0 Å². The van der Waals surface area contributed by atoms with Crippen LogP contribution in [0.3, 0.4) is 0 Å². The number of rotatable bonds is 6. The Morgan fingerprint density at radius 2 is 2.06 bits per heavy atom. The molecule has 1 nitrogen and oxygen atoms in total. The lowest BCUT2D eigenvalue weighted by atomic mass is 9.89. The number of fused-ring (bicyclic) bond motifs is 1. The normalized spacial score (nSPS) is 18.7. The molecule has 0 aliphatic heterocycles. The minimum absolute atomic E-state index is 0.460. The van der Waals surface area contributed by atoms with E-state index < -0.39 is 0 Å². The topological polar surface area (TPSA) is 9.23 Å². The Hall–Kier alpha value is -0.820. The number of unbranched alkanes of at least 4 members (excludes halogenated alkanes) is 3. The lowest BCUT2D eigenvalue weighted by Crippen LogP contribution is -2.23. The summed E-state index contributed by atoms with van der Waals surface area (Å²) in [6, 6.07) is 6.85.